The molecule has 6 nitrogen and oxygen atoms in total. The van der Waals surface area contributed by atoms with Crippen molar-refractivity contribution in [2.45, 2.75) is 59.0 Å². The highest BCUT2D eigenvalue weighted by atomic mass is 19.1. The van der Waals surface area contributed by atoms with Gasteiger partial charge in [-0.1, -0.05) is 18.2 Å². The van der Waals surface area contributed by atoms with Gasteiger partial charge in [0.25, 0.3) is 0 Å². The van der Waals surface area contributed by atoms with Crippen molar-refractivity contribution < 1.29 is 18.7 Å². The first-order valence-electron chi connectivity index (χ1n) is 14.0. The summed E-state index contributed by atoms with van der Waals surface area (Å²) in [6.45, 7) is 8.35. The molecule has 0 bridgehead atoms. The van der Waals surface area contributed by atoms with E-state index >= 15 is 4.39 Å². The fourth-order valence-corrected chi connectivity index (χ4v) is 6.16. The molecule has 3 aromatic carbocycles. The number of rotatable bonds is 7. The predicted octanol–water partition coefficient (Wildman–Crippen LogP) is 6.95. The Morgan fingerprint density at radius 3 is 2.45 bits per heavy atom. The SMILES string of the molecule is CCOC(=O)[C@H]1C[C@@H]1c1ccc(O[C@@H]2CCc3c(-c4c(C)cc(-c5nc(C)n(C)n5)cc4C)ccc(F)c32)cc1. The Bertz CT molecular complexity index is 1570. The van der Waals surface area contributed by atoms with Gasteiger partial charge in [-0.05, 0) is 117 Å². The number of hydrogen-bond acceptors (Lipinski definition) is 5. The predicted molar refractivity (Wildman–Crippen MR) is 152 cm³/mol. The largest absolute Gasteiger partial charge is 0.486 e. The van der Waals surface area contributed by atoms with Gasteiger partial charge >= 0.3 is 5.97 Å². The molecule has 1 aromatic heterocycles. The fraction of sp³-hybridized carbons (Fsp3) is 0.364. The van der Waals surface area contributed by atoms with Crippen LogP contribution in [-0.2, 0) is 23.0 Å². The smallest absolute Gasteiger partial charge is 0.309 e. The molecule has 1 saturated carbocycles. The number of fused-ring (bicyclic) bond motifs is 1. The normalized spacial score (nSPS) is 19.4. The summed E-state index contributed by atoms with van der Waals surface area (Å²) in [6, 6.07) is 15.6. The van der Waals surface area contributed by atoms with Gasteiger partial charge in [-0.25, -0.2) is 9.37 Å². The van der Waals surface area contributed by atoms with Crippen LogP contribution in [0.3, 0.4) is 0 Å². The van der Waals surface area contributed by atoms with E-state index in [0.29, 0.717) is 30.2 Å². The molecule has 1 heterocycles. The molecule has 0 spiro atoms. The zero-order valence-corrected chi connectivity index (χ0v) is 23.6. The fourth-order valence-electron chi connectivity index (χ4n) is 6.16. The van der Waals surface area contributed by atoms with Gasteiger partial charge in [0, 0.05) is 18.2 Å². The molecule has 7 heteroatoms. The molecule has 2 aliphatic rings. The minimum atomic E-state index is -0.352. The Hall–Kier alpha value is -4.00. The Morgan fingerprint density at radius 1 is 1.07 bits per heavy atom. The maximum atomic E-state index is 15.3. The summed E-state index contributed by atoms with van der Waals surface area (Å²) in [6.07, 6.45) is 1.93. The van der Waals surface area contributed by atoms with Crippen molar-refractivity contribution in [3.05, 3.63) is 88.0 Å². The van der Waals surface area contributed by atoms with Gasteiger partial charge in [0.15, 0.2) is 5.82 Å². The second-order valence-electron chi connectivity index (χ2n) is 11.0. The van der Waals surface area contributed by atoms with Gasteiger partial charge in [-0.3, -0.25) is 9.48 Å². The lowest BCUT2D eigenvalue weighted by Crippen LogP contribution is -2.07. The number of ether oxygens (including phenoxy) is 2. The summed E-state index contributed by atoms with van der Waals surface area (Å²) >= 11 is 0. The van der Waals surface area contributed by atoms with E-state index < -0.39 is 0 Å². The molecule has 2 aliphatic carbocycles. The highest BCUT2D eigenvalue weighted by molar-refractivity contribution is 5.79. The lowest BCUT2D eigenvalue weighted by atomic mass is 9.89. The van der Waals surface area contributed by atoms with Crippen molar-refractivity contribution in [2.75, 3.05) is 6.61 Å². The van der Waals surface area contributed by atoms with Crippen LogP contribution < -0.4 is 4.74 Å². The van der Waals surface area contributed by atoms with E-state index in [1.165, 1.54) is 0 Å². The summed E-state index contributed by atoms with van der Waals surface area (Å²) in [5, 5.41) is 4.54. The maximum absolute atomic E-state index is 15.3. The Morgan fingerprint density at radius 2 is 1.80 bits per heavy atom. The third kappa shape index (κ3) is 4.67. The van der Waals surface area contributed by atoms with Gasteiger partial charge < -0.3 is 9.47 Å². The number of benzene rings is 3. The lowest BCUT2D eigenvalue weighted by molar-refractivity contribution is -0.144. The zero-order chi connectivity index (χ0) is 28.1. The summed E-state index contributed by atoms with van der Waals surface area (Å²) in [7, 11) is 1.89. The van der Waals surface area contributed by atoms with Crippen LogP contribution in [0.15, 0.2) is 48.5 Å². The van der Waals surface area contributed by atoms with E-state index in [9.17, 15) is 4.79 Å². The van der Waals surface area contributed by atoms with Gasteiger partial charge in [0.2, 0.25) is 0 Å². The second kappa shape index (κ2) is 10.2. The first-order chi connectivity index (χ1) is 19.2. The summed E-state index contributed by atoms with van der Waals surface area (Å²) in [5.41, 5.74) is 8.15. The highest BCUT2D eigenvalue weighted by Gasteiger charge is 2.45. The van der Waals surface area contributed by atoms with Crippen LogP contribution in [0.5, 0.6) is 5.75 Å². The molecule has 0 aliphatic heterocycles. The minimum absolute atomic E-state index is 0.0498. The number of hydrogen-bond donors (Lipinski definition) is 0. The van der Waals surface area contributed by atoms with Crippen molar-refractivity contribution >= 4 is 5.97 Å². The van der Waals surface area contributed by atoms with Crippen molar-refractivity contribution in [3.63, 3.8) is 0 Å². The van der Waals surface area contributed by atoms with Crippen LogP contribution >= 0.6 is 0 Å². The van der Waals surface area contributed by atoms with E-state index in [1.54, 1.807) is 10.7 Å². The molecular formula is C33H34FN3O3. The number of aryl methyl sites for hydroxylation is 4. The van der Waals surface area contributed by atoms with Gasteiger partial charge in [-0.2, -0.15) is 5.10 Å². The standard InChI is InChI=1S/C33H34FN3O3/c1-6-39-33(38)27-17-26(27)21-7-9-23(10-8-21)40-29-14-12-25-24(11-13-28(34)31(25)29)30-18(2)15-22(16-19(30)3)32-35-20(4)37(5)36-32/h7-11,13,15-16,26-27,29H,6,12,14,17H2,1-5H3/t26-,27+,29-/m1/s1. The second-order valence-corrected chi connectivity index (χ2v) is 11.0. The van der Waals surface area contributed by atoms with Crippen LogP contribution in [0.4, 0.5) is 4.39 Å². The molecule has 40 heavy (non-hydrogen) atoms. The van der Waals surface area contributed by atoms with Crippen molar-refractivity contribution in [1.82, 2.24) is 14.8 Å². The quantitative estimate of drug-likeness (QED) is 0.238. The number of halogens is 1. The first kappa shape index (κ1) is 26.2. The molecule has 1 fully saturated rings. The van der Waals surface area contributed by atoms with Crippen molar-refractivity contribution in [1.29, 1.82) is 0 Å². The van der Waals surface area contributed by atoms with Crippen molar-refractivity contribution in [3.8, 4) is 28.3 Å². The average Bonchev–Trinajstić information content (AvgIpc) is 3.51. The average molecular weight is 540 g/mol. The van der Waals surface area contributed by atoms with Crippen LogP contribution in [0.1, 0.15) is 65.4 Å². The number of aromatic nitrogens is 3. The molecule has 0 radical (unpaired) electrons. The lowest BCUT2D eigenvalue weighted by Gasteiger charge is -2.19. The monoisotopic (exact) mass is 539 g/mol. The van der Waals surface area contributed by atoms with E-state index in [-0.39, 0.29) is 29.7 Å². The first-order valence-corrected chi connectivity index (χ1v) is 14.0. The van der Waals surface area contributed by atoms with Gasteiger partial charge in [-0.15, -0.1) is 0 Å². The molecule has 0 saturated heterocycles. The third-order valence-corrected chi connectivity index (χ3v) is 8.29. The number of carbonyl (C=O) groups is 1. The van der Waals surface area contributed by atoms with Crippen LogP contribution in [0, 0.1) is 32.5 Å². The summed E-state index contributed by atoms with van der Waals surface area (Å²) in [4.78, 5) is 16.6. The van der Waals surface area contributed by atoms with E-state index in [2.05, 4.69) is 36.1 Å². The van der Waals surface area contributed by atoms with Crippen LogP contribution in [0.25, 0.3) is 22.5 Å². The third-order valence-electron chi connectivity index (χ3n) is 8.29. The summed E-state index contributed by atoms with van der Waals surface area (Å²) in [5.74, 6) is 2.08. The maximum Gasteiger partial charge on any atom is 0.309 e. The molecule has 4 aromatic rings. The number of nitrogens with zero attached hydrogens (tertiary/aromatic N) is 3. The number of esters is 1. The van der Waals surface area contributed by atoms with Gasteiger partial charge in [0.05, 0.1) is 12.5 Å². The zero-order valence-electron chi connectivity index (χ0n) is 23.6. The van der Waals surface area contributed by atoms with Crippen molar-refractivity contribution in [2.24, 2.45) is 13.0 Å². The topological polar surface area (TPSA) is 66.2 Å². The minimum Gasteiger partial charge on any atom is -0.486 e. The molecule has 0 N–H and O–H groups in total. The molecule has 6 rings (SSSR count). The van der Waals surface area contributed by atoms with Gasteiger partial charge in [0.1, 0.15) is 23.5 Å². The molecule has 0 amide bonds. The number of carbonyl (C=O) groups excluding carboxylic acids is 1. The molecule has 206 valence electrons. The molecular weight excluding hydrogens is 505 g/mol. The Labute approximate surface area is 234 Å². The Kier molecular flexibility index (Phi) is 6.69. The Balaban J connectivity index is 1.25. The van der Waals surface area contributed by atoms with E-state index in [0.717, 1.165) is 57.6 Å². The molecule has 3 atom stereocenters. The van der Waals surface area contributed by atoms with Crippen LogP contribution in [0.2, 0.25) is 0 Å². The van der Waals surface area contributed by atoms with Crippen LogP contribution in [-0.4, -0.2) is 27.3 Å². The molecule has 0 unspecified atom stereocenters. The van der Waals surface area contributed by atoms with E-state index in [1.807, 2.05) is 51.2 Å². The highest BCUT2D eigenvalue weighted by Crippen LogP contribution is 2.49. The van der Waals surface area contributed by atoms with E-state index in [4.69, 9.17) is 9.47 Å². The summed E-state index contributed by atoms with van der Waals surface area (Å²) < 4.78 is 28.6.